The Morgan fingerprint density at radius 1 is 0.939 bits per heavy atom. The van der Waals surface area contributed by atoms with Gasteiger partial charge in [-0.3, -0.25) is 0 Å². The van der Waals surface area contributed by atoms with E-state index in [1.807, 2.05) is 0 Å². The van der Waals surface area contributed by atoms with Crippen molar-refractivity contribution < 1.29 is 4.74 Å². The number of fused-ring (bicyclic) bond motifs is 6. The van der Waals surface area contributed by atoms with Gasteiger partial charge < -0.3 is 4.74 Å². The summed E-state index contributed by atoms with van der Waals surface area (Å²) in [6, 6.07) is 11.6. The smallest absolute Gasteiger partial charge is 0.0871 e. The zero-order valence-corrected chi connectivity index (χ0v) is 19.9. The van der Waals surface area contributed by atoms with E-state index in [4.69, 9.17) is 16.3 Å². The van der Waals surface area contributed by atoms with Gasteiger partial charge in [0.2, 0.25) is 0 Å². The second-order valence-electron chi connectivity index (χ2n) is 11.0. The summed E-state index contributed by atoms with van der Waals surface area (Å²) in [4.78, 5) is 0. The first kappa shape index (κ1) is 20.5. The summed E-state index contributed by atoms with van der Waals surface area (Å²) < 4.78 is 6.67. The van der Waals surface area contributed by atoms with Crippen LogP contribution in [0.4, 0.5) is 0 Å². The van der Waals surface area contributed by atoms with E-state index in [1.165, 1.54) is 36.8 Å². The molecule has 1 saturated carbocycles. The molecule has 2 heteroatoms. The molecule has 1 aromatic carbocycles. The molecule has 1 aliphatic heterocycles. The maximum absolute atomic E-state index is 6.67. The van der Waals surface area contributed by atoms with Crippen LogP contribution in [0.15, 0.2) is 90.1 Å². The zero-order chi connectivity index (χ0) is 22.0. The van der Waals surface area contributed by atoms with E-state index in [0.29, 0.717) is 23.7 Å². The molecule has 0 spiro atoms. The highest BCUT2D eigenvalue weighted by Crippen LogP contribution is 2.67. The highest BCUT2D eigenvalue weighted by Gasteiger charge is 2.63. The average molecular weight is 457 g/mol. The van der Waals surface area contributed by atoms with Crippen molar-refractivity contribution in [1.29, 1.82) is 0 Å². The van der Waals surface area contributed by atoms with E-state index in [2.05, 4.69) is 78.9 Å². The number of benzene rings is 1. The number of ether oxygens (including phenoxy) is 1. The maximum Gasteiger partial charge on any atom is 0.0871 e. The number of alkyl halides is 1. The van der Waals surface area contributed by atoms with Crippen molar-refractivity contribution in [2.75, 3.05) is 0 Å². The van der Waals surface area contributed by atoms with Crippen molar-refractivity contribution in [2.45, 2.75) is 61.5 Å². The van der Waals surface area contributed by atoms with Gasteiger partial charge in [0.05, 0.1) is 12.2 Å². The van der Waals surface area contributed by atoms with Gasteiger partial charge in [0.25, 0.3) is 0 Å². The first-order chi connectivity index (χ1) is 16.3. The van der Waals surface area contributed by atoms with Crippen LogP contribution < -0.4 is 0 Å². The summed E-state index contributed by atoms with van der Waals surface area (Å²) in [5.41, 5.74) is 4.75. The van der Waals surface area contributed by atoms with Gasteiger partial charge in [-0.25, -0.2) is 0 Å². The standard InChI is InChI=1S/C31H33ClO/c32-21-17-18-24-29(19-21)33-28-16-8-15-27(30(24)28)31(20-9-2-1-3-10-20)25-13-6-4-11-22(25)23-12-5-7-14-26(23)31/h1-6,8-10,12,15-16,18,21-23,25-26,28-30H,7,11,13-14,17,19H2. The molecule has 9 atom stereocenters. The summed E-state index contributed by atoms with van der Waals surface area (Å²) in [6.07, 6.45) is 26.7. The summed E-state index contributed by atoms with van der Waals surface area (Å²) in [5, 5.41) is 0.200. The Bertz CT molecular complexity index is 1080. The minimum atomic E-state index is 0.0662. The van der Waals surface area contributed by atoms with Crippen LogP contribution in [0.5, 0.6) is 0 Å². The predicted molar refractivity (Wildman–Crippen MR) is 135 cm³/mol. The molecule has 0 radical (unpaired) electrons. The van der Waals surface area contributed by atoms with Gasteiger partial charge >= 0.3 is 0 Å². The number of hydrogen-bond acceptors (Lipinski definition) is 1. The van der Waals surface area contributed by atoms with E-state index in [0.717, 1.165) is 18.8 Å². The lowest BCUT2D eigenvalue weighted by atomic mass is 9.54. The van der Waals surface area contributed by atoms with E-state index in [9.17, 15) is 0 Å². The van der Waals surface area contributed by atoms with Gasteiger partial charge in [-0.15, -0.1) is 11.6 Å². The molecule has 170 valence electrons. The molecule has 6 aliphatic rings. The van der Waals surface area contributed by atoms with E-state index >= 15 is 0 Å². The summed E-state index contributed by atoms with van der Waals surface area (Å²) in [6.45, 7) is 0. The molecular weight excluding hydrogens is 424 g/mol. The first-order valence-corrected chi connectivity index (χ1v) is 13.5. The number of hydrogen-bond donors (Lipinski definition) is 0. The topological polar surface area (TPSA) is 9.23 Å². The van der Waals surface area contributed by atoms with Gasteiger partial charge in [-0.05, 0) is 78.9 Å². The van der Waals surface area contributed by atoms with Gasteiger partial charge in [-0.1, -0.05) is 78.9 Å². The molecule has 1 nitrogen and oxygen atoms in total. The second-order valence-corrected chi connectivity index (χ2v) is 11.6. The highest BCUT2D eigenvalue weighted by molar-refractivity contribution is 6.20. The van der Waals surface area contributed by atoms with Crippen LogP contribution in [0.25, 0.3) is 0 Å². The van der Waals surface area contributed by atoms with Crippen LogP contribution in [-0.2, 0) is 10.2 Å². The SMILES string of the molecule is ClC1CC=C2C(C1)OC1C=CC=C(C3(c4ccccc4)C4CCC=CC4C4CC=CCC43)C21. The molecule has 0 N–H and O–H groups in total. The molecular formula is C31H33ClO. The fraction of sp³-hybridized carbons (Fsp3) is 0.484. The summed E-state index contributed by atoms with van der Waals surface area (Å²) in [5.74, 6) is 3.06. The van der Waals surface area contributed by atoms with Crippen LogP contribution in [0.1, 0.15) is 44.1 Å². The fourth-order valence-electron chi connectivity index (χ4n) is 8.68. The lowest BCUT2D eigenvalue weighted by Crippen LogP contribution is -2.45. The maximum atomic E-state index is 6.67. The van der Waals surface area contributed by atoms with Gasteiger partial charge in [0.15, 0.2) is 0 Å². The Morgan fingerprint density at radius 3 is 2.73 bits per heavy atom. The fourth-order valence-corrected chi connectivity index (χ4v) is 8.93. The summed E-state index contributed by atoms with van der Waals surface area (Å²) >= 11 is 6.58. The minimum Gasteiger partial charge on any atom is -0.366 e. The number of rotatable bonds is 2. The van der Waals surface area contributed by atoms with Crippen LogP contribution in [0.3, 0.4) is 0 Å². The zero-order valence-electron chi connectivity index (χ0n) is 19.2. The first-order valence-electron chi connectivity index (χ1n) is 13.0. The normalized spacial score (nSPS) is 45.0. The molecule has 0 bridgehead atoms. The quantitative estimate of drug-likeness (QED) is 0.335. The molecule has 1 saturated heterocycles. The Kier molecular flexibility index (Phi) is 4.89. The van der Waals surface area contributed by atoms with Crippen LogP contribution >= 0.6 is 11.6 Å². The molecule has 0 amide bonds. The molecule has 2 fully saturated rings. The third kappa shape index (κ3) is 2.88. The van der Waals surface area contributed by atoms with E-state index < -0.39 is 0 Å². The Labute approximate surface area is 202 Å². The third-order valence-electron chi connectivity index (χ3n) is 9.71. The summed E-state index contributed by atoms with van der Waals surface area (Å²) in [7, 11) is 0. The van der Waals surface area contributed by atoms with Gasteiger partial charge in [0, 0.05) is 16.7 Å². The molecule has 7 rings (SSSR count). The average Bonchev–Trinajstić information content (AvgIpc) is 3.38. The van der Waals surface area contributed by atoms with E-state index in [-0.39, 0.29) is 23.0 Å². The van der Waals surface area contributed by atoms with Crippen molar-refractivity contribution in [3.05, 3.63) is 95.6 Å². The molecule has 1 aromatic rings. The van der Waals surface area contributed by atoms with Crippen molar-refractivity contribution in [3.63, 3.8) is 0 Å². The van der Waals surface area contributed by atoms with Gasteiger partial charge in [0.1, 0.15) is 0 Å². The Balaban J connectivity index is 1.46. The third-order valence-corrected chi connectivity index (χ3v) is 10.1. The lowest BCUT2D eigenvalue weighted by molar-refractivity contribution is 0.0614. The molecule has 9 unspecified atom stereocenters. The molecule has 5 aliphatic carbocycles. The highest BCUT2D eigenvalue weighted by atomic mass is 35.5. The predicted octanol–water partition coefficient (Wildman–Crippen LogP) is 7.31. The molecule has 1 heterocycles. The monoisotopic (exact) mass is 456 g/mol. The molecule has 0 aromatic heterocycles. The van der Waals surface area contributed by atoms with Crippen molar-refractivity contribution in [1.82, 2.24) is 0 Å². The number of halogens is 1. The van der Waals surface area contributed by atoms with Gasteiger partial charge in [-0.2, -0.15) is 0 Å². The van der Waals surface area contributed by atoms with E-state index in [1.54, 1.807) is 5.57 Å². The van der Waals surface area contributed by atoms with Crippen molar-refractivity contribution in [3.8, 4) is 0 Å². The lowest BCUT2D eigenvalue weighted by Gasteiger charge is -2.48. The Hall–Kier alpha value is -1.83. The number of allylic oxidation sites excluding steroid dienone is 7. The van der Waals surface area contributed by atoms with Crippen molar-refractivity contribution >= 4 is 11.6 Å². The Morgan fingerprint density at radius 2 is 1.82 bits per heavy atom. The second kappa shape index (κ2) is 7.85. The largest absolute Gasteiger partial charge is 0.366 e. The van der Waals surface area contributed by atoms with Crippen LogP contribution in [0.2, 0.25) is 0 Å². The van der Waals surface area contributed by atoms with Crippen LogP contribution in [-0.4, -0.2) is 17.6 Å². The minimum absolute atomic E-state index is 0.0662. The van der Waals surface area contributed by atoms with Crippen molar-refractivity contribution in [2.24, 2.45) is 29.6 Å². The van der Waals surface area contributed by atoms with Crippen LogP contribution in [0, 0.1) is 29.6 Å². The molecule has 33 heavy (non-hydrogen) atoms.